The summed E-state index contributed by atoms with van der Waals surface area (Å²) in [4.78, 5) is 35.5. The number of furan rings is 1. The zero-order valence-electron chi connectivity index (χ0n) is 17.8. The highest BCUT2D eigenvalue weighted by molar-refractivity contribution is 6.34. The second-order valence-corrected chi connectivity index (χ2v) is 8.00. The van der Waals surface area contributed by atoms with Crippen molar-refractivity contribution in [1.29, 1.82) is 0 Å². The number of anilines is 1. The average molecular weight is 453 g/mol. The summed E-state index contributed by atoms with van der Waals surface area (Å²) < 4.78 is 35.1. The summed E-state index contributed by atoms with van der Waals surface area (Å²) in [5, 5.41) is 2.42. The van der Waals surface area contributed by atoms with E-state index < -0.39 is 23.9 Å². The Morgan fingerprint density at radius 1 is 1.21 bits per heavy atom. The predicted molar refractivity (Wildman–Crippen MR) is 118 cm³/mol. The first-order valence-electron chi connectivity index (χ1n) is 10.6. The van der Waals surface area contributed by atoms with Crippen molar-refractivity contribution in [1.82, 2.24) is 15.2 Å². The smallest absolute Gasteiger partial charge is 0.281 e. The van der Waals surface area contributed by atoms with Gasteiger partial charge in [0.15, 0.2) is 6.17 Å². The van der Waals surface area contributed by atoms with E-state index in [-0.39, 0.29) is 11.4 Å². The normalized spacial score (nSPS) is 20.5. The van der Waals surface area contributed by atoms with Crippen LogP contribution in [0.4, 0.5) is 14.5 Å². The van der Waals surface area contributed by atoms with E-state index in [1.54, 1.807) is 18.2 Å². The van der Waals surface area contributed by atoms with E-state index in [2.05, 4.69) is 20.2 Å². The topological polar surface area (TPSA) is 91.0 Å². The highest BCUT2D eigenvalue weighted by atomic mass is 19.1. The fourth-order valence-corrected chi connectivity index (χ4v) is 4.29. The Morgan fingerprint density at radius 2 is 2.00 bits per heavy atom. The zero-order chi connectivity index (χ0) is 23.1. The van der Waals surface area contributed by atoms with Gasteiger partial charge in [-0.2, -0.15) is 4.39 Å². The summed E-state index contributed by atoms with van der Waals surface area (Å²) in [5.74, 6) is -1.29. The number of aromatic nitrogens is 1. The highest BCUT2D eigenvalue weighted by Gasteiger charge is 2.36. The first kappa shape index (κ1) is 21.2. The van der Waals surface area contributed by atoms with Crippen LogP contribution in [0.3, 0.4) is 0 Å². The van der Waals surface area contributed by atoms with Crippen molar-refractivity contribution in [2.75, 3.05) is 44.7 Å². The summed E-state index contributed by atoms with van der Waals surface area (Å²) in [6, 6.07) is 4.58. The molecule has 1 atom stereocenters. The van der Waals surface area contributed by atoms with Crippen LogP contribution in [0, 0.1) is 5.95 Å². The lowest BCUT2D eigenvalue weighted by molar-refractivity contribution is 0.0955. The minimum atomic E-state index is -1.50. The van der Waals surface area contributed by atoms with E-state index in [0.29, 0.717) is 60.9 Å². The molecule has 0 saturated carbocycles. The first-order chi connectivity index (χ1) is 16.0. The molecule has 2 aromatic heterocycles. The van der Waals surface area contributed by atoms with Gasteiger partial charge < -0.3 is 14.6 Å². The van der Waals surface area contributed by atoms with Crippen LogP contribution in [-0.4, -0.2) is 73.4 Å². The zero-order valence-corrected chi connectivity index (χ0v) is 17.8. The molecule has 1 fully saturated rings. The van der Waals surface area contributed by atoms with Gasteiger partial charge in [0.25, 0.3) is 11.8 Å². The van der Waals surface area contributed by atoms with Crippen molar-refractivity contribution in [3.63, 3.8) is 0 Å². The maximum atomic E-state index is 15.3. The van der Waals surface area contributed by atoms with Crippen LogP contribution in [0.1, 0.15) is 26.6 Å². The standard InChI is InChI=1S/C23H21F2N5O3/c1-26-23(32)16-4-5-17(21(25)27-16)30-9-7-29(8-10-30)12-13-2-3-14-19(18(13)24)28-22(31)15-6-11-33-20(14)15/h2-6,11,18H,7-10,12H2,1H3,(H,26,32). The van der Waals surface area contributed by atoms with Crippen LogP contribution in [0.2, 0.25) is 0 Å². The van der Waals surface area contributed by atoms with E-state index in [4.69, 9.17) is 4.42 Å². The molecule has 1 unspecified atom stereocenters. The van der Waals surface area contributed by atoms with E-state index in [9.17, 15) is 14.0 Å². The molecule has 3 aliphatic rings. The van der Waals surface area contributed by atoms with Crippen LogP contribution >= 0.6 is 0 Å². The molecule has 10 heteroatoms. The highest BCUT2D eigenvalue weighted by Crippen LogP contribution is 2.34. The largest absolute Gasteiger partial charge is 0.463 e. The molecule has 2 amide bonds. The van der Waals surface area contributed by atoms with Gasteiger partial charge in [0.1, 0.15) is 11.5 Å². The molecule has 4 heterocycles. The fourth-order valence-electron chi connectivity index (χ4n) is 4.29. The Labute approximate surface area is 188 Å². The number of nitrogens with one attached hydrogen (secondary N) is 1. The second-order valence-electron chi connectivity index (χ2n) is 8.00. The Bertz CT molecular complexity index is 1220. The maximum absolute atomic E-state index is 15.3. The maximum Gasteiger partial charge on any atom is 0.281 e. The minimum absolute atomic E-state index is 0.0220. The van der Waals surface area contributed by atoms with Gasteiger partial charge in [0.05, 0.1) is 23.2 Å². The first-order valence-corrected chi connectivity index (χ1v) is 10.6. The number of hydrogen-bond acceptors (Lipinski definition) is 6. The lowest BCUT2D eigenvalue weighted by atomic mass is 9.89. The Balaban J connectivity index is 1.26. The number of allylic oxidation sites excluding steroid dienone is 3. The summed E-state index contributed by atoms with van der Waals surface area (Å²) in [6.07, 6.45) is 3.36. The molecule has 1 aliphatic carbocycles. The number of carbonyl (C=O) groups excluding carboxylic acids is 2. The number of nitrogens with zero attached hydrogens (tertiary/aromatic N) is 4. The van der Waals surface area contributed by atoms with E-state index in [1.807, 2.05) is 4.90 Å². The summed E-state index contributed by atoms with van der Waals surface area (Å²) in [5.41, 5.74) is 1.79. The van der Waals surface area contributed by atoms with Crippen LogP contribution in [0.25, 0.3) is 5.57 Å². The van der Waals surface area contributed by atoms with Gasteiger partial charge in [-0.25, -0.2) is 14.4 Å². The van der Waals surface area contributed by atoms with Gasteiger partial charge in [-0.1, -0.05) is 6.08 Å². The molecule has 1 saturated heterocycles. The second kappa shape index (κ2) is 8.36. The number of pyridine rings is 1. The Kier molecular flexibility index (Phi) is 5.37. The van der Waals surface area contributed by atoms with Gasteiger partial charge in [-0.05, 0) is 29.8 Å². The van der Waals surface area contributed by atoms with Gasteiger partial charge in [-0.15, -0.1) is 0 Å². The molecule has 1 N–H and O–H groups in total. The van der Waals surface area contributed by atoms with Crippen molar-refractivity contribution < 1.29 is 22.8 Å². The molecule has 0 spiro atoms. The minimum Gasteiger partial charge on any atom is -0.463 e. The number of aliphatic imine (C=N–C) groups is 1. The summed E-state index contributed by atoms with van der Waals surface area (Å²) in [7, 11) is 1.46. The third kappa shape index (κ3) is 3.76. The van der Waals surface area contributed by atoms with E-state index >= 15 is 4.39 Å². The third-order valence-corrected chi connectivity index (χ3v) is 6.08. The predicted octanol–water partition coefficient (Wildman–Crippen LogP) is 2.25. The quantitative estimate of drug-likeness (QED) is 0.715. The van der Waals surface area contributed by atoms with Gasteiger partial charge in [0.2, 0.25) is 5.95 Å². The molecular weight excluding hydrogens is 432 g/mol. The molecule has 170 valence electrons. The van der Waals surface area contributed by atoms with Crippen molar-refractivity contribution in [3.8, 4) is 0 Å². The number of rotatable bonds is 4. The van der Waals surface area contributed by atoms with Crippen molar-refractivity contribution in [3.05, 3.63) is 65.2 Å². The number of hydrogen-bond donors (Lipinski definition) is 1. The lowest BCUT2D eigenvalue weighted by Crippen LogP contribution is -2.48. The van der Waals surface area contributed by atoms with Crippen molar-refractivity contribution >= 4 is 28.8 Å². The summed E-state index contributed by atoms with van der Waals surface area (Å²) >= 11 is 0. The molecule has 2 aliphatic heterocycles. The van der Waals surface area contributed by atoms with E-state index in [1.165, 1.54) is 25.4 Å². The lowest BCUT2D eigenvalue weighted by Gasteiger charge is -2.37. The molecule has 0 aromatic carbocycles. The van der Waals surface area contributed by atoms with Crippen LogP contribution in [0.5, 0.6) is 0 Å². The van der Waals surface area contributed by atoms with Crippen molar-refractivity contribution in [2.45, 2.75) is 6.17 Å². The SMILES string of the molecule is CNC(=O)c1ccc(N2CCN(CC3=CC=C4C(=NC(=O)c5ccoc54)C3F)CC2)c(F)n1. The van der Waals surface area contributed by atoms with Gasteiger partial charge in [0, 0.05) is 45.3 Å². The van der Waals surface area contributed by atoms with Gasteiger partial charge in [-0.3, -0.25) is 14.5 Å². The number of halogens is 2. The number of alkyl halides is 1. The molecule has 0 radical (unpaired) electrons. The molecule has 5 rings (SSSR count). The van der Waals surface area contributed by atoms with Crippen LogP contribution < -0.4 is 10.2 Å². The van der Waals surface area contributed by atoms with E-state index in [0.717, 1.165) is 0 Å². The molecule has 2 aromatic rings. The third-order valence-electron chi connectivity index (χ3n) is 6.08. The molecule has 8 nitrogen and oxygen atoms in total. The molecule has 33 heavy (non-hydrogen) atoms. The van der Waals surface area contributed by atoms with Crippen molar-refractivity contribution in [2.24, 2.45) is 4.99 Å². The Morgan fingerprint density at radius 3 is 2.73 bits per heavy atom. The van der Waals surface area contributed by atoms with Gasteiger partial charge >= 0.3 is 0 Å². The Hall–Kier alpha value is -3.66. The summed E-state index contributed by atoms with van der Waals surface area (Å²) in [6.45, 7) is 2.60. The molecular formula is C23H21F2N5O3. The fraction of sp³-hybridized carbons (Fsp3) is 0.304. The number of amides is 2. The number of piperazine rings is 1. The monoisotopic (exact) mass is 453 g/mol. The van der Waals surface area contributed by atoms with Crippen LogP contribution in [-0.2, 0) is 0 Å². The average Bonchev–Trinajstić information content (AvgIpc) is 3.32. The van der Waals surface area contributed by atoms with Crippen LogP contribution in [0.15, 0.2) is 51.6 Å². The molecule has 0 bridgehead atoms. The number of carbonyl (C=O) groups is 2. The number of fused-ring (bicyclic) bond motifs is 3.